The molecule has 1 aliphatic carbocycles. The van der Waals surface area contributed by atoms with Crippen LogP contribution in [0.15, 0.2) is 6.08 Å². The SMILES string of the molecule is CCCCCCOc1c(C=CC(=O)OC2CCCCC2)c(OCCCCCC)c(OCCCCCC)c(OCCCCCC)c1OCCCCCC. The van der Waals surface area contributed by atoms with Crippen molar-refractivity contribution < 1.29 is 33.2 Å². The zero-order valence-electron chi connectivity index (χ0n) is 34.3. The van der Waals surface area contributed by atoms with E-state index in [0.29, 0.717) is 67.3 Å². The quantitative estimate of drug-likeness (QED) is 0.0405. The van der Waals surface area contributed by atoms with Crippen molar-refractivity contribution in [1.82, 2.24) is 0 Å². The van der Waals surface area contributed by atoms with Crippen molar-refractivity contribution in [1.29, 1.82) is 0 Å². The Kier molecular flexibility index (Phi) is 27.0. The van der Waals surface area contributed by atoms with Gasteiger partial charge in [-0.2, -0.15) is 0 Å². The van der Waals surface area contributed by atoms with Crippen molar-refractivity contribution in [2.24, 2.45) is 0 Å². The molecule has 52 heavy (non-hydrogen) atoms. The molecule has 1 saturated carbocycles. The van der Waals surface area contributed by atoms with E-state index in [2.05, 4.69) is 34.6 Å². The predicted molar refractivity (Wildman–Crippen MR) is 217 cm³/mol. The molecule has 0 spiro atoms. The summed E-state index contributed by atoms with van der Waals surface area (Å²) in [5.41, 5.74) is 0.664. The van der Waals surface area contributed by atoms with Crippen LogP contribution < -0.4 is 23.7 Å². The Morgan fingerprint density at radius 2 is 0.788 bits per heavy atom. The fourth-order valence-corrected chi connectivity index (χ4v) is 6.54. The average Bonchev–Trinajstić information content (AvgIpc) is 3.15. The van der Waals surface area contributed by atoms with Crippen LogP contribution in [0.25, 0.3) is 6.08 Å². The van der Waals surface area contributed by atoms with Crippen molar-refractivity contribution in [2.45, 2.75) is 201 Å². The molecule has 0 saturated heterocycles. The van der Waals surface area contributed by atoms with E-state index in [1.807, 2.05) is 6.08 Å². The third-order valence-electron chi connectivity index (χ3n) is 9.76. The highest BCUT2D eigenvalue weighted by molar-refractivity contribution is 5.90. The van der Waals surface area contributed by atoms with Gasteiger partial charge in [-0.15, -0.1) is 0 Å². The molecule has 0 aromatic heterocycles. The molecular formula is C45H78O7. The third-order valence-corrected chi connectivity index (χ3v) is 9.76. The Labute approximate surface area is 319 Å². The molecule has 1 aromatic rings. The Hall–Kier alpha value is -2.57. The van der Waals surface area contributed by atoms with Crippen LogP contribution in [0.1, 0.15) is 201 Å². The number of ether oxygens (including phenoxy) is 6. The molecule has 2 rings (SSSR count). The molecule has 0 heterocycles. The number of carbonyl (C=O) groups excluding carboxylic acids is 1. The summed E-state index contributed by atoms with van der Waals surface area (Å²) >= 11 is 0. The van der Waals surface area contributed by atoms with E-state index in [-0.39, 0.29) is 12.1 Å². The van der Waals surface area contributed by atoms with Crippen LogP contribution in [0.4, 0.5) is 0 Å². The summed E-state index contributed by atoms with van der Waals surface area (Å²) in [5.74, 6) is 2.49. The van der Waals surface area contributed by atoms with Gasteiger partial charge in [-0.3, -0.25) is 0 Å². The minimum atomic E-state index is -0.338. The van der Waals surface area contributed by atoms with E-state index in [4.69, 9.17) is 28.4 Å². The van der Waals surface area contributed by atoms with E-state index < -0.39 is 0 Å². The largest absolute Gasteiger partial charge is 0.489 e. The Morgan fingerprint density at radius 3 is 1.13 bits per heavy atom. The highest BCUT2D eigenvalue weighted by Gasteiger charge is 2.30. The Morgan fingerprint density at radius 1 is 0.462 bits per heavy atom. The highest BCUT2D eigenvalue weighted by atomic mass is 16.6. The van der Waals surface area contributed by atoms with Gasteiger partial charge in [0.1, 0.15) is 6.10 Å². The van der Waals surface area contributed by atoms with Crippen molar-refractivity contribution in [2.75, 3.05) is 33.0 Å². The molecule has 0 atom stereocenters. The topological polar surface area (TPSA) is 72.5 Å². The van der Waals surface area contributed by atoms with E-state index in [1.54, 1.807) is 6.08 Å². The van der Waals surface area contributed by atoms with Crippen molar-refractivity contribution in [3.63, 3.8) is 0 Å². The van der Waals surface area contributed by atoms with Gasteiger partial charge in [0, 0.05) is 6.08 Å². The zero-order chi connectivity index (χ0) is 37.5. The van der Waals surface area contributed by atoms with Gasteiger partial charge in [0.15, 0.2) is 11.5 Å². The maximum atomic E-state index is 13.3. The van der Waals surface area contributed by atoms with Gasteiger partial charge in [0.2, 0.25) is 17.2 Å². The number of esters is 1. The molecule has 0 bridgehead atoms. The fourth-order valence-electron chi connectivity index (χ4n) is 6.54. The molecule has 0 unspecified atom stereocenters. The summed E-state index contributed by atoms with van der Waals surface area (Å²) in [5, 5.41) is 0. The monoisotopic (exact) mass is 731 g/mol. The van der Waals surface area contributed by atoms with Gasteiger partial charge in [0.25, 0.3) is 0 Å². The minimum Gasteiger partial charge on any atom is -0.489 e. The minimum absolute atomic E-state index is 0.0259. The van der Waals surface area contributed by atoms with E-state index >= 15 is 0 Å². The van der Waals surface area contributed by atoms with Gasteiger partial charge >= 0.3 is 5.97 Å². The molecule has 7 nitrogen and oxygen atoms in total. The predicted octanol–water partition coefficient (Wildman–Crippen LogP) is 13.4. The van der Waals surface area contributed by atoms with Gasteiger partial charge in [-0.1, -0.05) is 137 Å². The van der Waals surface area contributed by atoms with Crippen LogP contribution >= 0.6 is 0 Å². The lowest BCUT2D eigenvalue weighted by Crippen LogP contribution is -2.19. The number of unbranched alkanes of at least 4 members (excludes halogenated alkanes) is 15. The van der Waals surface area contributed by atoms with Crippen molar-refractivity contribution in [3.8, 4) is 28.7 Å². The van der Waals surface area contributed by atoms with Crippen LogP contribution in [0.2, 0.25) is 0 Å². The first-order valence-electron chi connectivity index (χ1n) is 21.9. The Bertz CT molecular complexity index is 1010. The summed E-state index contributed by atoms with van der Waals surface area (Å²) in [6, 6.07) is 0. The zero-order valence-corrected chi connectivity index (χ0v) is 34.3. The lowest BCUT2D eigenvalue weighted by Gasteiger charge is -2.25. The summed E-state index contributed by atoms with van der Waals surface area (Å²) in [4.78, 5) is 13.3. The summed E-state index contributed by atoms with van der Waals surface area (Å²) in [7, 11) is 0. The van der Waals surface area contributed by atoms with Crippen LogP contribution in [-0.2, 0) is 9.53 Å². The first-order valence-corrected chi connectivity index (χ1v) is 21.9. The smallest absolute Gasteiger partial charge is 0.331 e. The van der Waals surface area contributed by atoms with Gasteiger partial charge in [0.05, 0.1) is 38.6 Å². The number of carbonyl (C=O) groups is 1. The number of rotatable bonds is 33. The lowest BCUT2D eigenvalue weighted by atomic mass is 9.98. The molecule has 1 aromatic carbocycles. The summed E-state index contributed by atoms with van der Waals surface area (Å²) < 4.78 is 39.5. The summed E-state index contributed by atoms with van der Waals surface area (Å²) in [6.07, 6.45) is 30.3. The number of hydrogen-bond donors (Lipinski definition) is 0. The van der Waals surface area contributed by atoms with E-state index in [1.165, 1.54) is 25.7 Å². The number of benzene rings is 1. The maximum Gasteiger partial charge on any atom is 0.331 e. The lowest BCUT2D eigenvalue weighted by molar-refractivity contribution is -0.144. The normalized spacial score (nSPS) is 13.4. The Balaban J connectivity index is 2.72. The average molecular weight is 731 g/mol. The maximum absolute atomic E-state index is 13.3. The first kappa shape index (κ1) is 45.6. The molecule has 0 amide bonds. The van der Waals surface area contributed by atoms with Crippen molar-refractivity contribution in [3.05, 3.63) is 11.6 Å². The molecule has 1 fully saturated rings. The van der Waals surface area contributed by atoms with E-state index in [0.717, 1.165) is 135 Å². The van der Waals surface area contributed by atoms with E-state index in [9.17, 15) is 4.79 Å². The van der Waals surface area contributed by atoms with Gasteiger partial charge < -0.3 is 28.4 Å². The van der Waals surface area contributed by atoms with Crippen LogP contribution in [0.5, 0.6) is 28.7 Å². The third kappa shape index (κ3) is 19.0. The second kappa shape index (κ2) is 30.8. The molecule has 0 N–H and O–H groups in total. The van der Waals surface area contributed by atoms with Crippen LogP contribution in [-0.4, -0.2) is 45.1 Å². The fraction of sp³-hybridized carbons (Fsp3) is 0.800. The van der Waals surface area contributed by atoms with Crippen LogP contribution in [0.3, 0.4) is 0 Å². The standard InChI is InChI=1S/C45H78O7/c1-6-11-16-24-33-47-41-39(31-32-40(46)52-38-29-22-21-23-30-38)42(48-34-25-17-12-7-2)44(50-36-27-19-14-9-4)45(51-37-28-20-15-10-5)43(41)49-35-26-18-13-8-3/h31-32,38H,6-30,33-37H2,1-5H3. The molecule has 300 valence electrons. The number of hydrogen-bond acceptors (Lipinski definition) is 7. The molecule has 1 aliphatic rings. The molecular weight excluding hydrogens is 652 g/mol. The molecule has 7 heteroatoms. The van der Waals surface area contributed by atoms with Crippen molar-refractivity contribution >= 4 is 12.0 Å². The van der Waals surface area contributed by atoms with Gasteiger partial charge in [-0.05, 0) is 63.9 Å². The first-order chi connectivity index (χ1) is 25.6. The summed E-state index contributed by atoms with van der Waals surface area (Å²) in [6.45, 7) is 13.8. The molecule has 0 radical (unpaired) electrons. The second-order valence-electron chi connectivity index (χ2n) is 14.6. The highest BCUT2D eigenvalue weighted by Crippen LogP contribution is 2.55. The van der Waals surface area contributed by atoms with Gasteiger partial charge in [-0.25, -0.2) is 4.79 Å². The second-order valence-corrected chi connectivity index (χ2v) is 14.6. The van der Waals surface area contributed by atoms with Crippen LogP contribution in [0, 0.1) is 0 Å². The molecule has 0 aliphatic heterocycles.